The van der Waals surface area contributed by atoms with Crippen LogP contribution in [0.15, 0.2) is 0 Å². The van der Waals surface area contributed by atoms with Gasteiger partial charge in [-0.3, -0.25) is 4.79 Å². The molecule has 0 spiro atoms. The second-order valence-corrected chi connectivity index (χ2v) is 7.38. The summed E-state index contributed by atoms with van der Waals surface area (Å²) in [7, 11) is -2.04. The summed E-state index contributed by atoms with van der Waals surface area (Å²) < 4.78 is 0. The zero-order valence-corrected chi connectivity index (χ0v) is 11.2. The quantitative estimate of drug-likeness (QED) is 0.532. The molecule has 1 atom stereocenters. The lowest BCUT2D eigenvalue weighted by Gasteiger charge is -2.36. The van der Waals surface area contributed by atoms with E-state index in [0.717, 1.165) is 0 Å². The van der Waals surface area contributed by atoms with Crippen LogP contribution in [0.4, 0.5) is 0 Å². The smallest absolute Gasteiger partial charge is 0.320 e. The molecule has 5 N–H and O–H groups in total. The largest absolute Gasteiger partial charge is 0.480 e. The van der Waals surface area contributed by atoms with Crippen LogP contribution in [0.1, 0.15) is 40.5 Å². The Labute approximate surface area is 97.6 Å². The Morgan fingerprint density at radius 3 is 2.06 bits per heavy atom. The number of aliphatic carboxylic acids is 1. The van der Waals surface area contributed by atoms with Crippen LogP contribution in [0.2, 0.25) is 0 Å². The number of rotatable bonds is 6. The van der Waals surface area contributed by atoms with Crippen molar-refractivity contribution in [3.63, 3.8) is 0 Å². The molecule has 0 aliphatic heterocycles. The highest BCUT2D eigenvalue weighted by Crippen LogP contribution is 2.49. The van der Waals surface area contributed by atoms with E-state index in [-0.39, 0.29) is 5.41 Å². The second kappa shape index (κ2) is 5.41. The zero-order valence-electron chi connectivity index (χ0n) is 10.3. The van der Waals surface area contributed by atoms with Gasteiger partial charge >= 0.3 is 5.97 Å². The first-order valence-electron chi connectivity index (χ1n) is 5.14. The van der Waals surface area contributed by atoms with Gasteiger partial charge in [-0.2, -0.15) is 0 Å². The molecule has 16 heavy (non-hydrogen) atoms. The Balaban J connectivity index is 4.51. The predicted molar refractivity (Wildman–Crippen MR) is 64.1 cm³/mol. The van der Waals surface area contributed by atoms with Crippen LogP contribution in [-0.4, -0.2) is 32.1 Å². The van der Waals surface area contributed by atoms with Crippen LogP contribution in [0.25, 0.3) is 0 Å². The van der Waals surface area contributed by atoms with Crippen molar-refractivity contribution in [1.82, 2.24) is 0 Å². The summed E-state index contributed by atoms with van der Waals surface area (Å²) in [5.74, 6) is -1.03. The molecule has 0 aliphatic carbocycles. The van der Waals surface area contributed by atoms with Gasteiger partial charge in [0.1, 0.15) is 6.04 Å². The molecule has 0 bridgehead atoms. The summed E-state index contributed by atoms with van der Waals surface area (Å²) in [4.78, 5) is 29.2. The van der Waals surface area contributed by atoms with Crippen LogP contribution in [0, 0.1) is 5.41 Å². The van der Waals surface area contributed by atoms with Crippen LogP contribution in [-0.2, 0) is 4.79 Å². The summed E-state index contributed by atoms with van der Waals surface area (Å²) in [5.41, 5.74) is 5.14. The van der Waals surface area contributed by atoms with E-state index in [0.29, 0.717) is 12.8 Å². The average Bonchev–Trinajstić information content (AvgIpc) is 1.99. The molecule has 5 nitrogen and oxygen atoms in total. The molecule has 0 saturated carbocycles. The zero-order chi connectivity index (χ0) is 13.1. The van der Waals surface area contributed by atoms with Crippen molar-refractivity contribution >= 4 is 14.3 Å². The first-order chi connectivity index (χ1) is 6.98. The number of hydrogen-bond donors (Lipinski definition) is 4. The molecule has 0 rings (SSSR count). The maximum absolute atomic E-state index is 10.7. The minimum absolute atomic E-state index is 0.314. The highest BCUT2D eigenvalue weighted by Gasteiger charge is 2.36. The third-order valence-corrected chi connectivity index (χ3v) is 3.78. The van der Waals surface area contributed by atoms with Crippen molar-refractivity contribution < 1.29 is 19.7 Å². The van der Waals surface area contributed by atoms with Crippen molar-refractivity contribution in [3.8, 4) is 0 Å². The molecule has 0 aromatic heterocycles. The first kappa shape index (κ1) is 15.8. The van der Waals surface area contributed by atoms with Crippen molar-refractivity contribution in [3.05, 3.63) is 0 Å². The highest BCUT2D eigenvalue weighted by atomic mass is 31.2. The first-order valence-corrected chi connectivity index (χ1v) is 6.39. The van der Waals surface area contributed by atoms with Crippen molar-refractivity contribution in [2.24, 2.45) is 11.1 Å². The van der Waals surface area contributed by atoms with E-state index in [2.05, 4.69) is 0 Å². The predicted octanol–water partition coefficient (Wildman–Crippen LogP) is 1.28. The van der Waals surface area contributed by atoms with Gasteiger partial charge in [0.25, 0.3) is 0 Å². The van der Waals surface area contributed by atoms with Crippen molar-refractivity contribution in [2.45, 2.75) is 51.7 Å². The summed E-state index contributed by atoms with van der Waals surface area (Å²) in [6.07, 6.45) is 0.828. The van der Waals surface area contributed by atoms with Crippen molar-refractivity contribution in [2.75, 3.05) is 0 Å². The topological polar surface area (TPSA) is 104 Å². The van der Waals surface area contributed by atoms with Gasteiger partial charge in [0, 0.05) is 5.16 Å². The maximum Gasteiger partial charge on any atom is 0.320 e. The van der Waals surface area contributed by atoms with E-state index in [4.69, 9.17) is 10.8 Å². The Morgan fingerprint density at radius 2 is 1.75 bits per heavy atom. The number of nitrogens with two attached hydrogens (primary N) is 1. The maximum atomic E-state index is 10.7. The van der Waals surface area contributed by atoms with Gasteiger partial charge in [-0.25, -0.2) is 0 Å². The van der Waals surface area contributed by atoms with Gasteiger partial charge in [-0.1, -0.05) is 27.7 Å². The molecule has 0 radical (unpaired) electrons. The summed E-state index contributed by atoms with van der Waals surface area (Å²) in [6.45, 7) is 7.28. The van der Waals surface area contributed by atoms with Crippen LogP contribution in [0.5, 0.6) is 0 Å². The fourth-order valence-corrected chi connectivity index (χ4v) is 2.57. The van der Waals surface area contributed by atoms with Gasteiger partial charge in [0.15, 0.2) is 8.38 Å². The fourth-order valence-electron chi connectivity index (χ4n) is 2.00. The lowest BCUT2D eigenvalue weighted by Crippen LogP contribution is -2.37. The van der Waals surface area contributed by atoms with E-state index in [9.17, 15) is 14.6 Å². The van der Waals surface area contributed by atoms with Gasteiger partial charge < -0.3 is 20.6 Å². The van der Waals surface area contributed by atoms with Gasteiger partial charge in [0.2, 0.25) is 0 Å². The van der Waals surface area contributed by atoms with E-state index in [1.165, 1.54) is 0 Å². The normalized spacial score (nSPS) is 15.2. The number of carbonyl (C=O) groups is 1. The molecule has 0 fully saturated rings. The molecular weight excluding hydrogens is 229 g/mol. The molecule has 0 aliphatic rings. The standard InChI is InChI=1S/C10H22NO4P/c1-9(2,5-7(11)8(12)13)6-10(3,4)16(14)15/h7,14-15H,5-6,11H2,1-4H3,(H,12,13)/t7-/m0/s1. The average molecular weight is 251 g/mol. The molecule has 0 aromatic rings. The lowest BCUT2D eigenvalue weighted by molar-refractivity contribution is -0.139. The van der Waals surface area contributed by atoms with Crippen molar-refractivity contribution in [1.29, 1.82) is 0 Å². The van der Waals surface area contributed by atoms with Gasteiger partial charge in [-0.15, -0.1) is 0 Å². The molecular formula is C10H22NO4P. The highest BCUT2D eigenvalue weighted by molar-refractivity contribution is 7.46. The third-order valence-electron chi connectivity index (χ3n) is 2.54. The van der Waals surface area contributed by atoms with E-state index in [1.54, 1.807) is 13.8 Å². The summed E-state index contributed by atoms with van der Waals surface area (Å²) >= 11 is 0. The lowest BCUT2D eigenvalue weighted by atomic mass is 9.78. The van der Waals surface area contributed by atoms with Crippen LogP contribution in [0.3, 0.4) is 0 Å². The second-order valence-electron chi connectivity index (χ2n) is 5.59. The summed E-state index contributed by atoms with van der Waals surface area (Å²) in [5, 5.41) is 8.12. The monoisotopic (exact) mass is 251 g/mol. The summed E-state index contributed by atoms with van der Waals surface area (Å²) in [6, 6.07) is -0.908. The Bertz CT molecular complexity index is 253. The SMILES string of the molecule is CC(C)(C[C@H](N)C(=O)O)CC(C)(C)P(O)O. The van der Waals surface area contributed by atoms with Crippen LogP contribution < -0.4 is 5.73 Å². The number of hydrogen-bond acceptors (Lipinski definition) is 4. The number of carboxylic acid groups (broad SMARTS) is 1. The van der Waals surface area contributed by atoms with Gasteiger partial charge in [0.05, 0.1) is 0 Å². The Kier molecular flexibility index (Phi) is 5.33. The van der Waals surface area contributed by atoms with E-state index < -0.39 is 25.5 Å². The fraction of sp³-hybridized carbons (Fsp3) is 0.900. The molecule has 6 heteroatoms. The molecule has 0 unspecified atom stereocenters. The van der Waals surface area contributed by atoms with Gasteiger partial charge in [-0.05, 0) is 18.3 Å². The Morgan fingerprint density at radius 1 is 1.31 bits per heavy atom. The van der Waals surface area contributed by atoms with Crippen LogP contribution >= 0.6 is 8.38 Å². The molecule has 0 heterocycles. The number of carboxylic acids is 1. The molecule has 0 aromatic carbocycles. The molecule has 0 amide bonds. The minimum atomic E-state index is -2.04. The molecule has 0 saturated heterocycles. The van der Waals surface area contributed by atoms with E-state index in [1.807, 2.05) is 13.8 Å². The molecule has 96 valence electrons. The minimum Gasteiger partial charge on any atom is -0.480 e. The third kappa shape index (κ3) is 5.21. The van der Waals surface area contributed by atoms with E-state index >= 15 is 0 Å². The Hall–Kier alpha value is -0.220.